The fourth-order valence-electron chi connectivity index (χ4n) is 1.45. The fraction of sp³-hybridized carbons (Fsp3) is 0.455. The molecule has 0 spiro atoms. The second-order valence-corrected chi connectivity index (χ2v) is 4.27. The van der Waals surface area contributed by atoms with Crippen LogP contribution in [0.25, 0.3) is 0 Å². The van der Waals surface area contributed by atoms with Crippen molar-refractivity contribution in [2.75, 3.05) is 5.32 Å². The Balaban J connectivity index is 2.95. The molecule has 0 saturated heterocycles. The van der Waals surface area contributed by atoms with Gasteiger partial charge in [0.25, 0.3) is 0 Å². The van der Waals surface area contributed by atoms with Gasteiger partial charge in [0.05, 0.1) is 11.3 Å². The molecule has 0 radical (unpaired) electrons. The van der Waals surface area contributed by atoms with Gasteiger partial charge < -0.3 is 16.2 Å². The number of primary amides is 1. The van der Waals surface area contributed by atoms with Gasteiger partial charge in [-0.25, -0.2) is 14.8 Å². The van der Waals surface area contributed by atoms with E-state index in [2.05, 4.69) is 15.3 Å². The predicted octanol–water partition coefficient (Wildman–Crippen LogP) is 0.405. The quantitative estimate of drug-likeness (QED) is 0.698. The highest BCUT2D eigenvalue weighted by molar-refractivity contribution is 5.88. The zero-order valence-electron chi connectivity index (χ0n) is 10.5. The van der Waals surface area contributed by atoms with E-state index in [1.807, 2.05) is 13.8 Å². The maximum Gasteiger partial charge on any atom is 0.339 e. The number of nitrogens with zero attached hydrogens (tertiary/aromatic N) is 2. The topological polar surface area (TPSA) is 118 Å². The first kappa shape index (κ1) is 13.9. The predicted molar refractivity (Wildman–Crippen MR) is 65.2 cm³/mol. The van der Waals surface area contributed by atoms with Crippen LogP contribution in [-0.4, -0.2) is 33.0 Å². The molecule has 0 bridgehead atoms. The summed E-state index contributed by atoms with van der Waals surface area (Å²) in [6.07, 6.45) is 1.20. The number of hydrogen-bond acceptors (Lipinski definition) is 5. The van der Waals surface area contributed by atoms with E-state index >= 15 is 0 Å². The number of rotatable bonds is 5. The second kappa shape index (κ2) is 5.44. The largest absolute Gasteiger partial charge is 0.478 e. The number of carbonyl (C=O) groups excluding carboxylic acids is 1. The van der Waals surface area contributed by atoms with Gasteiger partial charge in [0, 0.05) is 6.20 Å². The van der Waals surface area contributed by atoms with Crippen LogP contribution < -0.4 is 11.1 Å². The number of amides is 1. The highest BCUT2D eigenvalue weighted by atomic mass is 16.4. The highest BCUT2D eigenvalue weighted by Crippen LogP contribution is 2.11. The molecular formula is C11H16N4O3. The van der Waals surface area contributed by atoms with Crippen molar-refractivity contribution in [3.63, 3.8) is 0 Å². The molecule has 1 rings (SSSR count). The Labute approximate surface area is 104 Å². The maximum absolute atomic E-state index is 11.2. The van der Waals surface area contributed by atoms with Crippen LogP contribution in [0.4, 0.5) is 5.95 Å². The zero-order valence-corrected chi connectivity index (χ0v) is 10.5. The van der Waals surface area contributed by atoms with Crippen molar-refractivity contribution in [2.24, 2.45) is 11.7 Å². The molecule has 0 aromatic carbocycles. The summed E-state index contributed by atoms with van der Waals surface area (Å²) in [4.78, 5) is 29.9. The third-order valence-corrected chi connectivity index (χ3v) is 2.47. The number of hydrogen-bond donors (Lipinski definition) is 3. The average molecular weight is 252 g/mol. The molecule has 1 aromatic rings. The molecule has 0 fully saturated rings. The highest BCUT2D eigenvalue weighted by Gasteiger charge is 2.20. The molecule has 4 N–H and O–H groups in total. The molecule has 0 saturated carbocycles. The number of aromatic nitrogens is 2. The summed E-state index contributed by atoms with van der Waals surface area (Å²) in [6.45, 7) is 5.23. The molecule has 1 atom stereocenters. The summed E-state index contributed by atoms with van der Waals surface area (Å²) in [5, 5.41) is 11.6. The van der Waals surface area contributed by atoms with E-state index in [0.29, 0.717) is 5.69 Å². The molecule has 0 aliphatic carbocycles. The monoisotopic (exact) mass is 252 g/mol. The van der Waals surface area contributed by atoms with Crippen molar-refractivity contribution in [3.05, 3.63) is 17.5 Å². The van der Waals surface area contributed by atoms with Crippen molar-refractivity contribution in [1.82, 2.24) is 9.97 Å². The summed E-state index contributed by atoms with van der Waals surface area (Å²) in [5.41, 5.74) is 5.60. The van der Waals surface area contributed by atoms with Crippen LogP contribution in [0.5, 0.6) is 0 Å². The van der Waals surface area contributed by atoms with Crippen LogP contribution in [0.1, 0.15) is 29.9 Å². The average Bonchev–Trinajstić information content (AvgIpc) is 2.24. The Morgan fingerprint density at radius 3 is 2.44 bits per heavy atom. The smallest absolute Gasteiger partial charge is 0.339 e. The minimum atomic E-state index is -1.09. The number of carboxylic acids is 1. The van der Waals surface area contributed by atoms with Crippen LogP contribution in [0, 0.1) is 12.8 Å². The lowest BCUT2D eigenvalue weighted by molar-refractivity contribution is -0.119. The van der Waals surface area contributed by atoms with Gasteiger partial charge >= 0.3 is 5.97 Å². The molecule has 0 aliphatic rings. The third-order valence-electron chi connectivity index (χ3n) is 2.47. The summed E-state index contributed by atoms with van der Waals surface area (Å²) >= 11 is 0. The maximum atomic E-state index is 11.2. The number of nitrogens with one attached hydrogen (secondary N) is 1. The zero-order chi connectivity index (χ0) is 13.9. The SMILES string of the molecule is Cc1nc(NC(C(N)=O)C(C)C)ncc1C(=O)O. The number of carboxylic acid groups (broad SMARTS) is 1. The lowest BCUT2D eigenvalue weighted by Gasteiger charge is -2.18. The van der Waals surface area contributed by atoms with Gasteiger partial charge in [0.2, 0.25) is 11.9 Å². The molecule has 1 amide bonds. The van der Waals surface area contributed by atoms with Crippen LogP contribution in [0.15, 0.2) is 6.20 Å². The van der Waals surface area contributed by atoms with Crippen molar-refractivity contribution in [1.29, 1.82) is 0 Å². The molecule has 98 valence electrons. The van der Waals surface area contributed by atoms with Crippen molar-refractivity contribution < 1.29 is 14.7 Å². The Kier molecular flexibility index (Phi) is 4.19. The summed E-state index contributed by atoms with van der Waals surface area (Å²) in [6, 6.07) is -0.597. The summed E-state index contributed by atoms with van der Waals surface area (Å²) < 4.78 is 0. The molecule has 1 unspecified atom stereocenters. The van der Waals surface area contributed by atoms with Gasteiger partial charge in [-0.05, 0) is 12.8 Å². The number of carbonyl (C=O) groups is 2. The van der Waals surface area contributed by atoms with Gasteiger partial charge in [0.15, 0.2) is 0 Å². The molecule has 7 nitrogen and oxygen atoms in total. The molecule has 1 aromatic heterocycles. The van der Waals surface area contributed by atoms with Crippen LogP contribution in [0.2, 0.25) is 0 Å². The van der Waals surface area contributed by atoms with Crippen molar-refractivity contribution in [2.45, 2.75) is 26.8 Å². The van der Waals surface area contributed by atoms with E-state index in [4.69, 9.17) is 10.8 Å². The number of nitrogens with two attached hydrogens (primary N) is 1. The van der Waals surface area contributed by atoms with Gasteiger partial charge in [-0.2, -0.15) is 0 Å². The lowest BCUT2D eigenvalue weighted by Crippen LogP contribution is -2.40. The third kappa shape index (κ3) is 3.16. The van der Waals surface area contributed by atoms with Gasteiger partial charge in [-0.3, -0.25) is 4.79 Å². The lowest BCUT2D eigenvalue weighted by atomic mass is 10.0. The van der Waals surface area contributed by atoms with Crippen LogP contribution in [0.3, 0.4) is 0 Å². The van der Waals surface area contributed by atoms with E-state index in [9.17, 15) is 9.59 Å². The first-order chi connectivity index (χ1) is 8.32. The first-order valence-electron chi connectivity index (χ1n) is 5.45. The minimum Gasteiger partial charge on any atom is -0.478 e. The number of aryl methyl sites for hydroxylation is 1. The normalized spacial score (nSPS) is 12.2. The van der Waals surface area contributed by atoms with E-state index in [0.717, 1.165) is 0 Å². The number of aromatic carboxylic acids is 1. The van der Waals surface area contributed by atoms with E-state index in [1.165, 1.54) is 6.20 Å². The van der Waals surface area contributed by atoms with Gasteiger partial charge in [0.1, 0.15) is 6.04 Å². The molecule has 0 aliphatic heterocycles. The van der Waals surface area contributed by atoms with Crippen molar-refractivity contribution >= 4 is 17.8 Å². The van der Waals surface area contributed by atoms with E-state index in [-0.39, 0.29) is 17.4 Å². The standard InChI is InChI=1S/C11H16N4O3/c1-5(2)8(9(12)16)15-11-13-4-7(10(17)18)6(3)14-11/h4-5,8H,1-3H3,(H2,12,16)(H,17,18)(H,13,14,15). The van der Waals surface area contributed by atoms with Crippen LogP contribution >= 0.6 is 0 Å². The Morgan fingerprint density at radius 1 is 1.44 bits per heavy atom. The van der Waals surface area contributed by atoms with Gasteiger partial charge in [-0.15, -0.1) is 0 Å². The second-order valence-electron chi connectivity index (χ2n) is 4.27. The molecule has 7 heteroatoms. The van der Waals surface area contributed by atoms with E-state index < -0.39 is 17.9 Å². The molecule has 1 heterocycles. The minimum absolute atomic E-state index is 0.0226. The number of anilines is 1. The Morgan fingerprint density at radius 2 is 2.06 bits per heavy atom. The Hall–Kier alpha value is -2.18. The van der Waals surface area contributed by atoms with Gasteiger partial charge in [-0.1, -0.05) is 13.8 Å². The molecule has 18 heavy (non-hydrogen) atoms. The fourth-order valence-corrected chi connectivity index (χ4v) is 1.45. The molecular weight excluding hydrogens is 236 g/mol. The van der Waals surface area contributed by atoms with Crippen LogP contribution in [-0.2, 0) is 4.79 Å². The van der Waals surface area contributed by atoms with E-state index in [1.54, 1.807) is 6.92 Å². The summed E-state index contributed by atoms with van der Waals surface area (Å²) in [7, 11) is 0. The summed E-state index contributed by atoms with van der Waals surface area (Å²) in [5.74, 6) is -1.43. The Bertz CT molecular complexity index is 473. The van der Waals surface area contributed by atoms with Crippen molar-refractivity contribution in [3.8, 4) is 0 Å². The first-order valence-corrected chi connectivity index (χ1v) is 5.45.